The normalized spacial score (nSPS) is 14.4. The SMILES string of the molecule is [B]c1c([B])c([B])c2c(-c3ccccc3)c3c([B])c(-c4ccccc4)c([B])c([B])c3c(C3=CCC(c4ccc5ccccc5c4)C=C3)c2c1[B]. The van der Waals surface area contributed by atoms with E-state index in [1.54, 1.807) is 0 Å². The maximum absolute atomic E-state index is 7.25. The third-order valence-corrected chi connectivity index (χ3v) is 9.99. The van der Waals surface area contributed by atoms with Crippen LogP contribution in [-0.4, -0.2) is 54.9 Å². The molecule has 0 fully saturated rings. The van der Waals surface area contributed by atoms with Crippen molar-refractivity contribution < 1.29 is 0 Å². The molecule has 7 aromatic carbocycles. The second-order valence-electron chi connectivity index (χ2n) is 12.7. The predicted octanol–water partition coefficient (Wildman–Crippen LogP) is 3.16. The summed E-state index contributed by atoms with van der Waals surface area (Å²) in [5.41, 5.74) is 8.44. The van der Waals surface area contributed by atoms with Crippen molar-refractivity contribution in [2.75, 3.05) is 0 Å². The van der Waals surface area contributed by atoms with Gasteiger partial charge in [-0.25, -0.2) is 0 Å². The van der Waals surface area contributed by atoms with Crippen LogP contribution in [0.2, 0.25) is 0 Å². The maximum atomic E-state index is 7.25. The zero-order chi connectivity index (χ0) is 34.0. The van der Waals surface area contributed by atoms with Gasteiger partial charge in [0.05, 0.1) is 0 Å². The van der Waals surface area contributed by atoms with Gasteiger partial charge in [-0.05, 0) is 77.7 Å². The van der Waals surface area contributed by atoms with E-state index in [4.69, 9.17) is 54.9 Å². The Kier molecular flexibility index (Phi) is 7.91. The van der Waals surface area contributed by atoms with Crippen molar-refractivity contribution in [1.29, 1.82) is 0 Å². The van der Waals surface area contributed by atoms with E-state index in [2.05, 4.69) is 60.7 Å². The molecular formula is C42H23B7. The molecule has 7 heteroatoms. The van der Waals surface area contributed by atoms with Crippen LogP contribution in [0.1, 0.15) is 23.5 Å². The highest BCUT2D eigenvalue weighted by atomic mass is 14.3. The van der Waals surface area contributed by atoms with E-state index in [0.717, 1.165) is 39.6 Å². The Hall–Kier alpha value is -4.75. The molecule has 1 aliphatic carbocycles. The molecule has 1 aliphatic rings. The first-order valence-electron chi connectivity index (χ1n) is 16.3. The molecule has 0 heterocycles. The van der Waals surface area contributed by atoms with Gasteiger partial charge in [-0.3, -0.25) is 0 Å². The van der Waals surface area contributed by atoms with Gasteiger partial charge in [0.25, 0.3) is 0 Å². The van der Waals surface area contributed by atoms with Crippen LogP contribution in [0.15, 0.2) is 121 Å². The van der Waals surface area contributed by atoms with Crippen molar-refractivity contribution in [1.82, 2.24) is 0 Å². The molecule has 0 aliphatic heterocycles. The summed E-state index contributed by atoms with van der Waals surface area (Å²) >= 11 is 0. The second kappa shape index (κ2) is 12.3. The molecule has 0 nitrogen and oxygen atoms in total. The smallest absolute Gasteiger partial charge is 0.110 e. The summed E-state index contributed by atoms with van der Waals surface area (Å²) in [5.74, 6) is 0.176. The molecule has 1 atom stereocenters. The Morgan fingerprint density at radius 3 is 1.53 bits per heavy atom. The van der Waals surface area contributed by atoms with Crippen LogP contribution in [0.25, 0.3) is 60.1 Å². The van der Waals surface area contributed by atoms with Crippen LogP contribution in [0.5, 0.6) is 0 Å². The van der Waals surface area contributed by atoms with Crippen molar-refractivity contribution in [3.05, 3.63) is 132 Å². The molecule has 49 heavy (non-hydrogen) atoms. The minimum Gasteiger partial charge on any atom is -0.110 e. The van der Waals surface area contributed by atoms with Crippen LogP contribution in [0, 0.1) is 0 Å². The van der Waals surface area contributed by atoms with Gasteiger partial charge in [0, 0.05) is 5.92 Å². The summed E-state index contributed by atoms with van der Waals surface area (Å²) in [7, 11) is 48.3. The van der Waals surface area contributed by atoms with Gasteiger partial charge in [-0.1, -0.05) is 149 Å². The van der Waals surface area contributed by atoms with Crippen molar-refractivity contribution in [2.24, 2.45) is 0 Å². The number of allylic oxidation sites excluding steroid dienone is 4. The van der Waals surface area contributed by atoms with E-state index in [9.17, 15) is 0 Å². The summed E-state index contributed by atoms with van der Waals surface area (Å²) in [6.45, 7) is 0. The van der Waals surface area contributed by atoms with Crippen molar-refractivity contribution in [2.45, 2.75) is 12.3 Å². The van der Waals surface area contributed by atoms with E-state index in [1.165, 1.54) is 16.3 Å². The van der Waals surface area contributed by atoms with E-state index in [-0.39, 0.29) is 16.8 Å². The van der Waals surface area contributed by atoms with Gasteiger partial charge in [0.15, 0.2) is 0 Å². The molecule has 14 radical (unpaired) electrons. The quantitative estimate of drug-likeness (QED) is 0.215. The van der Waals surface area contributed by atoms with Gasteiger partial charge in [0.2, 0.25) is 0 Å². The number of benzene rings is 7. The summed E-state index contributed by atoms with van der Waals surface area (Å²) < 4.78 is 0. The second-order valence-corrected chi connectivity index (χ2v) is 12.7. The first kappa shape index (κ1) is 31.5. The fourth-order valence-electron chi connectivity index (χ4n) is 7.52. The van der Waals surface area contributed by atoms with Crippen molar-refractivity contribution in [3.63, 3.8) is 0 Å². The maximum Gasteiger partial charge on any atom is 0.115 e. The average Bonchev–Trinajstić information content (AvgIpc) is 3.15. The molecular weight excluding hydrogens is 580 g/mol. The lowest BCUT2D eigenvalue weighted by Gasteiger charge is -2.30. The fraction of sp³-hybridized carbons (Fsp3) is 0.0476. The molecule has 0 amide bonds. The number of hydrogen-bond acceptors (Lipinski definition) is 0. The minimum atomic E-state index is 0.176. The van der Waals surface area contributed by atoms with E-state index >= 15 is 0 Å². The highest BCUT2D eigenvalue weighted by molar-refractivity contribution is 6.69. The fourth-order valence-corrected chi connectivity index (χ4v) is 7.52. The lowest BCUT2D eigenvalue weighted by Crippen LogP contribution is -2.48. The molecule has 0 saturated carbocycles. The van der Waals surface area contributed by atoms with Crippen molar-refractivity contribution >= 4 is 131 Å². The summed E-state index contributed by atoms with van der Waals surface area (Å²) in [6.07, 6.45) is 7.32. The van der Waals surface area contributed by atoms with Crippen LogP contribution < -0.4 is 38.2 Å². The first-order valence-corrected chi connectivity index (χ1v) is 16.3. The van der Waals surface area contributed by atoms with Crippen LogP contribution in [0.3, 0.4) is 0 Å². The monoisotopic (exact) mass is 604 g/mol. The molecule has 0 N–H and O–H groups in total. The molecule has 212 valence electrons. The molecule has 0 spiro atoms. The molecule has 8 rings (SSSR count). The van der Waals surface area contributed by atoms with Gasteiger partial charge in [0.1, 0.15) is 54.9 Å². The van der Waals surface area contributed by atoms with E-state index in [1.807, 2.05) is 60.7 Å². The zero-order valence-corrected chi connectivity index (χ0v) is 26.9. The van der Waals surface area contributed by atoms with Crippen LogP contribution >= 0.6 is 0 Å². The van der Waals surface area contributed by atoms with Crippen LogP contribution in [-0.2, 0) is 0 Å². The summed E-state index contributed by atoms with van der Waals surface area (Å²) in [5, 5.41) is 5.16. The predicted molar refractivity (Wildman–Crippen MR) is 218 cm³/mol. The lowest BCUT2D eigenvalue weighted by molar-refractivity contribution is 0.858. The van der Waals surface area contributed by atoms with Gasteiger partial charge in [-0.15, -0.1) is 10.9 Å². The highest BCUT2D eigenvalue weighted by Gasteiger charge is 2.26. The standard InChI is InChI=1S/C42H23B7/c43-36-31(25-12-5-2-6-13-25)37(44)38(45)33-30(26-18-15-23(16-19-26)28-20-17-22-9-7-8-14-27(22)21-28)35-34(39(46)41(48)42(49)40(35)47)29(32(33)36)24-10-3-1-4-11-24/h1-15,17-21,23H,16H2. The number of rotatable bonds is 4. The van der Waals surface area contributed by atoms with Gasteiger partial charge in [-0.2, -0.15) is 0 Å². The molecule has 0 saturated heterocycles. The molecule has 1 unspecified atom stereocenters. The van der Waals surface area contributed by atoms with E-state index in [0.29, 0.717) is 49.0 Å². The third-order valence-electron chi connectivity index (χ3n) is 9.99. The molecule has 0 bridgehead atoms. The summed E-state index contributed by atoms with van der Waals surface area (Å²) in [6, 6.07) is 34.7. The number of fused-ring (bicyclic) bond motifs is 3. The van der Waals surface area contributed by atoms with Crippen LogP contribution in [0.4, 0.5) is 0 Å². The van der Waals surface area contributed by atoms with Crippen molar-refractivity contribution in [3.8, 4) is 22.3 Å². The minimum absolute atomic E-state index is 0.176. The first-order chi connectivity index (χ1) is 23.8. The van der Waals surface area contributed by atoms with Gasteiger partial charge < -0.3 is 0 Å². The lowest BCUT2D eigenvalue weighted by atomic mass is 9.60. The topological polar surface area (TPSA) is 0 Å². The number of hydrogen-bond donors (Lipinski definition) is 0. The largest absolute Gasteiger partial charge is 0.115 e. The molecule has 7 aromatic rings. The van der Waals surface area contributed by atoms with E-state index < -0.39 is 0 Å². The average molecular weight is 603 g/mol. The van der Waals surface area contributed by atoms with Gasteiger partial charge >= 0.3 is 0 Å². The Morgan fingerprint density at radius 1 is 0.429 bits per heavy atom. The summed E-state index contributed by atoms with van der Waals surface area (Å²) in [4.78, 5) is 0. The molecule has 0 aromatic heterocycles. The zero-order valence-electron chi connectivity index (χ0n) is 26.9. The Bertz CT molecular complexity index is 2530. The Morgan fingerprint density at radius 2 is 0.939 bits per heavy atom. The Labute approximate surface area is 297 Å². The third kappa shape index (κ3) is 5.01. The Balaban J connectivity index is 1.48. The highest BCUT2D eigenvalue weighted by Crippen LogP contribution is 2.42.